The number of aliphatic hydroxyl groups is 1. The van der Waals surface area contributed by atoms with Gasteiger partial charge in [-0.1, -0.05) is 11.6 Å². The van der Waals surface area contributed by atoms with Crippen LogP contribution in [0.3, 0.4) is 0 Å². The Morgan fingerprint density at radius 1 is 1.38 bits per heavy atom. The summed E-state index contributed by atoms with van der Waals surface area (Å²) in [6.07, 6.45) is 0.913. The number of carbonyl (C=O) groups is 1. The molecule has 0 aromatic carbocycles. The predicted molar refractivity (Wildman–Crippen MR) is 89.9 cm³/mol. The van der Waals surface area contributed by atoms with Gasteiger partial charge in [0.2, 0.25) is 0 Å². The number of piperidine rings is 1. The first-order valence-electron chi connectivity index (χ1n) is 8.28. The van der Waals surface area contributed by atoms with E-state index in [1.165, 1.54) is 0 Å². The molecule has 24 heavy (non-hydrogen) atoms. The molecule has 3 rings (SSSR count). The van der Waals surface area contributed by atoms with Gasteiger partial charge >= 0.3 is 0 Å². The van der Waals surface area contributed by atoms with Gasteiger partial charge in [0.15, 0.2) is 5.82 Å². The molecule has 134 valence electrons. The molecule has 0 radical (unpaired) electrons. The van der Waals surface area contributed by atoms with Gasteiger partial charge in [-0.25, -0.2) is 0 Å². The number of amides is 1. The topological polar surface area (TPSA) is 108 Å². The van der Waals surface area contributed by atoms with Crippen LogP contribution in [0.4, 0.5) is 5.82 Å². The van der Waals surface area contributed by atoms with Crippen molar-refractivity contribution in [3.8, 4) is 0 Å². The number of hydrogen-bond donors (Lipinski definition) is 3. The van der Waals surface area contributed by atoms with Crippen LogP contribution in [0.15, 0.2) is 0 Å². The molecule has 0 bridgehead atoms. The number of halogens is 1. The van der Waals surface area contributed by atoms with Gasteiger partial charge in [0.05, 0.1) is 13.2 Å². The van der Waals surface area contributed by atoms with Gasteiger partial charge < -0.3 is 20.5 Å². The van der Waals surface area contributed by atoms with Gasteiger partial charge in [-0.2, -0.15) is 5.10 Å². The van der Waals surface area contributed by atoms with Crippen molar-refractivity contribution in [1.82, 2.24) is 20.0 Å². The van der Waals surface area contributed by atoms with Crippen molar-refractivity contribution in [2.24, 2.45) is 11.8 Å². The van der Waals surface area contributed by atoms with Gasteiger partial charge in [-0.05, 0) is 18.3 Å². The van der Waals surface area contributed by atoms with E-state index >= 15 is 0 Å². The zero-order chi connectivity index (χ0) is 17.1. The van der Waals surface area contributed by atoms with Crippen molar-refractivity contribution < 1.29 is 14.6 Å². The third kappa shape index (κ3) is 3.83. The molecular formula is C15H24ClN5O3. The van der Waals surface area contributed by atoms with Crippen LogP contribution in [0.25, 0.3) is 0 Å². The maximum Gasteiger partial charge on any atom is 0.273 e. The molecule has 2 atom stereocenters. The minimum absolute atomic E-state index is 0.0717. The molecule has 2 saturated heterocycles. The molecule has 2 aliphatic rings. The number of rotatable bonds is 4. The summed E-state index contributed by atoms with van der Waals surface area (Å²) >= 11 is 6.05. The van der Waals surface area contributed by atoms with Crippen molar-refractivity contribution in [3.05, 3.63) is 10.7 Å². The number of aliphatic hydroxyl groups excluding tert-OH is 1. The number of nitrogens with one attached hydrogen (secondary N) is 1. The molecular weight excluding hydrogens is 334 g/mol. The highest BCUT2D eigenvalue weighted by molar-refractivity contribution is 6.35. The fraction of sp³-hybridized carbons (Fsp3) is 0.733. The summed E-state index contributed by atoms with van der Waals surface area (Å²) in [4.78, 5) is 16.8. The minimum atomic E-state index is -0.214. The summed E-state index contributed by atoms with van der Waals surface area (Å²) in [5.74, 6) is 0.305. The SMILES string of the molecule is Nc1n[nH]c(C(=O)N2C[C@H](CO)C[C@H](CN3CCOCC3)C2)c1Cl. The lowest BCUT2D eigenvalue weighted by Crippen LogP contribution is -2.49. The van der Waals surface area contributed by atoms with Gasteiger partial charge in [-0.15, -0.1) is 0 Å². The summed E-state index contributed by atoms with van der Waals surface area (Å²) < 4.78 is 5.38. The van der Waals surface area contributed by atoms with E-state index in [-0.39, 0.29) is 35.0 Å². The molecule has 1 amide bonds. The van der Waals surface area contributed by atoms with Crippen LogP contribution in [-0.4, -0.2) is 83.6 Å². The lowest BCUT2D eigenvalue weighted by Gasteiger charge is -2.39. The lowest BCUT2D eigenvalue weighted by atomic mass is 9.89. The molecule has 2 fully saturated rings. The van der Waals surface area contributed by atoms with Crippen LogP contribution < -0.4 is 5.73 Å². The Hall–Kier alpha value is -1.35. The smallest absolute Gasteiger partial charge is 0.273 e. The normalized spacial score (nSPS) is 25.8. The summed E-state index contributed by atoms with van der Waals surface area (Å²) in [7, 11) is 0. The zero-order valence-corrected chi connectivity index (χ0v) is 14.3. The third-order valence-electron chi connectivity index (χ3n) is 4.74. The quantitative estimate of drug-likeness (QED) is 0.702. The number of likely N-dealkylation sites (tertiary alicyclic amines) is 1. The second-order valence-electron chi connectivity index (χ2n) is 6.57. The van der Waals surface area contributed by atoms with Crippen LogP contribution >= 0.6 is 11.6 Å². The van der Waals surface area contributed by atoms with Crippen molar-refractivity contribution in [2.45, 2.75) is 6.42 Å². The fourth-order valence-corrected chi connectivity index (χ4v) is 3.71. The molecule has 9 heteroatoms. The van der Waals surface area contributed by atoms with Crippen molar-refractivity contribution >= 4 is 23.3 Å². The average molecular weight is 358 g/mol. The Morgan fingerprint density at radius 3 is 2.71 bits per heavy atom. The lowest BCUT2D eigenvalue weighted by molar-refractivity contribution is 0.0129. The number of aromatic amines is 1. The van der Waals surface area contributed by atoms with Crippen molar-refractivity contribution in [2.75, 3.05) is 58.3 Å². The molecule has 8 nitrogen and oxygen atoms in total. The fourth-order valence-electron chi connectivity index (χ4n) is 3.54. The number of anilines is 1. The molecule has 0 spiro atoms. The Morgan fingerprint density at radius 2 is 2.08 bits per heavy atom. The van der Waals surface area contributed by atoms with Crippen molar-refractivity contribution in [1.29, 1.82) is 0 Å². The first-order valence-corrected chi connectivity index (χ1v) is 8.65. The number of aromatic nitrogens is 2. The van der Waals surface area contributed by atoms with Crippen LogP contribution in [0.2, 0.25) is 5.02 Å². The number of morpholine rings is 1. The largest absolute Gasteiger partial charge is 0.396 e. The van der Waals surface area contributed by atoms with Gasteiger partial charge in [-0.3, -0.25) is 14.8 Å². The second-order valence-corrected chi connectivity index (χ2v) is 6.95. The van der Waals surface area contributed by atoms with E-state index in [0.717, 1.165) is 39.3 Å². The van der Waals surface area contributed by atoms with Crippen LogP contribution in [-0.2, 0) is 4.74 Å². The molecule has 2 aliphatic heterocycles. The van der Waals surface area contributed by atoms with E-state index in [4.69, 9.17) is 22.1 Å². The minimum Gasteiger partial charge on any atom is -0.396 e. The number of carbonyl (C=O) groups excluding carboxylic acids is 1. The highest BCUT2D eigenvalue weighted by Crippen LogP contribution is 2.27. The Kier molecular flexibility index (Phi) is 5.60. The van der Waals surface area contributed by atoms with Gasteiger partial charge in [0.25, 0.3) is 5.91 Å². The number of nitrogens with two attached hydrogens (primary N) is 1. The Labute approximate surface area is 145 Å². The second kappa shape index (κ2) is 7.69. The van der Waals surface area contributed by atoms with Gasteiger partial charge in [0.1, 0.15) is 10.7 Å². The first kappa shape index (κ1) is 17.5. The molecule has 4 N–H and O–H groups in total. The Bertz CT molecular complexity index is 575. The molecule has 0 unspecified atom stereocenters. The highest BCUT2D eigenvalue weighted by atomic mass is 35.5. The number of H-pyrrole nitrogens is 1. The molecule has 3 heterocycles. The summed E-state index contributed by atoms with van der Waals surface area (Å²) in [5.41, 5.74) is 5.83. The highest BCUT2D eigenvalue weighted by Gasteiger charge is 2.33. The van der Waals surface area contributed by atoms with Crippen LogP contribution in [0, 0.1) is 11.8 Å². The average Bonchev–Trinajstić information content (AvgIpc) is 2.94. The van der Waals surface area contributed by atoms with E-state index in [0.29, 0.717) is 19.0 Å². The zero-order valence-electron chi connectivity index (χ0n) is 13.6. The maximum absolute atomic E-state index is 12.7. The number of hydrogen-bond acceptors (Lipinski definition) is 6. The standard InChI is InChI=1S/C15H24ClN5O3/c16-12-13(18-19-14(12)17)15(23)21-7-10(5-11(8-21)9-22)6-20-1-3-24-4-2-20/h10-11,22H,1-9H2,(H3,17,18,19)/t10-,11-/m1/s1. The molecule has 0 saturated carbocycles. The number of ether oxygens (including phenoxy) is 1. The van der Waals surface area contributed by atoms with E-state index < -0.39 is 0 Å². The summed E-state index contributed by atoms with van der Waals surface area (Å²) in [5, 5.41) is 16.2. The van der Waals surface area contributed by atoms with Crippen molar-refractivity contribution in [3.63, 3.8) is 0 Å². The van der Waals surface area contributed by atoms with E-state index in [9.17, 15) is 9.90 Å². The maximum atomic E-state index is 12.7. The molecule has 1 aromatic rings. The van der Waals surface area contributed by atoms with Crippen LogP contribution in [0.5, 0.6) is 0 Å². The Balaban J connectivity index is 1.68. The monoisotopic (exact) mass is 357 g/mol. The van der Waals surface area contributed by atoms with Crippen LogP contribution in [0.1, 0.15) is 16.9 Å². The summed E-state index contributed by atoms with van der Waals surface area (Å²) in [6.45, 7) is 5.47. The molecule has 1 aromatic heterocycles. The van der Waals surface area contributed by atoms with E-state index in [1.807, 2.05) is 0 Å². The number of nitrogens with zero attached hydrogens (tertiary/aromatic N) is 3. The summed E-state index contributed by atoms with van der Waals surface area (Å²) in [6, 6.07) is 0. The predicted octanol–water partition coefficient (Wildman–Crippen LogP) is 0.0481. The third-order valence-corrected chi connectivity index (χ3v) is 5.12. The van der Waals surface area contributed by atoms with Gasteiger partial charge in [0, 0.05) is 39.3 Å². The van der Waals surface area contributed by atoms with E-state index in [2.05, 4.69) is 15.1 Å². The van der Waals surface area contributed by atoms with E-state index in [1.54, 1.807) is 4.90 Å². The first-order chi connectivity index (χ1) is 11.6. The number of nitrogen functional groups attached to an aromatic ring is 1. The molecule has 0 aliphatic carbocycles.